The minimum atomic E-state index is -1.60. The average molecular weight is 769 g/mol. The van der Waals surface area contributed by atoms with Crippen LogP contribution in [0.2, 0.25) is 0 Å². The van der Waals surface area contributed by atoms with Gasteiger partial charge in [-0.3, -0.25) is 0 Å². The quantitative estimate of drug-likeness (QED) is 0.181. The van der Waals surface area contributed by atoms with Gasteiger partial charge in [-0.2, -0.15) is 0 Å². The van der Waals surface area contributed by atoms with E-state index in [-0.39, 0.29) is 58.7 Å². The fourth-order valence-corrected chi connectivity index (χ4v) is 15.3. The molecule has 9 aliphatic rings. The molecule has 4 aliphatic heterocycles. The summed E-state index contributed by atoms with van der Waals surface area (Å²) in [4.78, 5) is 0. The minimum absolute atomic E-state index is 0.0260. The lowest BCUT2D eigenvalue weighted by Gasteiger charge is -2.65. The van der Waals surface area contributed by atoms with E-state index in [0.717, 1.165) is 32.1 Å². The predicted octanol–water partition coefficient (Wildman–Crippen LogP) is 0.700. The molecular formula is C40H64O14. The molecule has 4 saturated heterocycles. The standard InChI is InChI=1S/C40H64O14/c1-33(2)24(51-32-28(26(46)20(43)16-50-32)52-31-27(47)25(45)19(42)15-49-31)8-9-39-17-38(39)11-10-35(5)30-21(13-36(35,6)22(38)12-18(41)29(33)39)53-40(34(3,4)48)23(44)14-37(30,7)54-40/h18-32,41-48H,8-17H2,1-7H3. The van der Waals surface area contributed by atoms with E-state index < -0.39 is 89.9 Å². The molecule has 5 aliphatic carbocycles. The summed E-state index contributed by atoms with van der Waals surface area (Å²) in [6, 6.07) is 0. The second-order valence-electron chi connectivity index (χ2n) is 21.0. The Hall–Kier alpha value is -0.560. The van der Waals surface area contributed by atoms with Gasteiger partial charge in [0.05, 0.1) is 37.1 Å². The van der Waals surface area contributed by atoms with Crippen LogP contribution in [0.4, 0.5) is 0 Å². The summed E-state index contributed by atoms with van der Waals surface area (Å²) in [5.74, 6) is -1.29. The molecular weight excluding hydrogens is 704 g/mol. The van der Waals surface area contributed by atoms with E-state index in [4.69, 9.17) is 28.4 Å². The smallest absolute Gasteiger partial charge is 0.224 e. The van der Waals surface area contributed by atoms with Gasteiger partial charge in [0.15, 0.2) is 12.6 Å². The van der Waals surface area contributed by atoms with Crippen LogP contribution in [-0.4, -0.2) is 145 Å². The highest BCUT2D eigenvalue weighted by molar-refractivity contribution is 5.34. The maximum atomic E-state index is 12.4. The van der Waals surface area contributed by atoms with Gasteiger partial charge >= 0.3 is 0 Å². The monoisotopic (exact) mass is 768 g/mol. The molecule has 21 atom stereocenters. The molecule has 8 N–H and O–H groups in total. The Labute approximate surface area is 317 Å². The van der Waals surface area contributed by atoms with Crippen molar-refractivity contribution in [1.29, 1.82) is 0 Å². The largest absolute Gasteiger partial charge is 0.393 e. The topological polar surface area (TPSA) is 217 Å². The summed E-state index contributed by atoms with van der Waals surface area (Å²) in [7, 11) is 0. The van der Waals surface area contributed by atoms with Crippen molar-refractivity contribution in [1.82, 2.24) is 0 Å². The molecule has 14 nitrogen and oxygen atoms in total. The Morgan fingerprint density at radius 1 is 0.685 bits per heavy atom. The van der Waals surface area contributed by atoms with Gasteiger partial charge in [0, 0.05) is 12.3 Å². The van der Waals surface area contributed by atoms with Gasteiger partial charge in [-0.05, 0) is 105 Å². The molecule has 21 unspecified atom stereocenters. The Morgan fingerprint density at radius 2 is 1.35 bits per heavy atom. The number of aliphatic hydroxyl groups is 8. The molecule has 0 aromatic rings. The maximum Gasteiger partial charge on any atom is 0.224 e. The molecule has 9 fully saturated rings. The van der Waals surface area contributed by atoms with Crippen LogP contribution in [0.3, 0.4) is 0 Å². The first-order valence-corrected chi connectivity index (χ1v) is 20.4. The highest BCUT2D eigenvalue weighted by Gasteiger charge is 2.86. The summed E-state index contributed by atoms with van der Waals surface area (Å²) in [5.41, 5.74) is -2.98. The number of rotatable bonds is 5. The molecule has 54 heavy (non-hydrogen) atoms. The number of hydrogen-bond donors (Lipinski definition) is 8. The predicted molar refractivity (Wildman–Crippen MR) is 187 cm³/mol. The van der Waals surface area contributed by atoms with Gasteiger partial charge < -0.3 is 69.3 Å². The van der Waals surface area contributed by atoms with Crippen molar-refractivity contribution in [3.63, 3.8) is 0 Å². The molecule has 308 valence electrons. The number of aliphatic hydroxyl groups excluding tert-OH is 7. The average Bonchev–Trinajstić information content (AvgIpc) is 3.57. The van der Waals surface area contributed by atoms with E-state index in [1.807, 2.05) is 0 Å². The lowest BCUT2D eigenvalue weighted by molar-refractivity contribution is -0.397. The van der Waals surface area contributed by atoms with Crippen molar-refractivity contribution < 1.29 is 69.3 Å². The normalized spacial score (nSPS) is 61.5. The molecule has 2 bridgehead atoms. The van der Waals surface area contributed by atoms with E-state index in [0.29, 0.717) is 19.3 Å². The SMILES string of the molecule is CC12CC(O)C(C(C)(C)O)(OC3CC4(C)C5CC(O)C6C(C)(C)C(OC7OCC(O)C(O)C7OC7OCC(O)C(O)C7O)CCC67CC57CCC4(C)C31)O2. The van der Waals surface area contributed by atoms with Gasteiger partial charge in [-0.1, -0.05) is 27.7 Å². The second kappa shape index (κ2) is 11.8. The molecule has 2 spiro atoms. The highest BCUT2D eigenvalue weighted by atomic mass is 16.8. The number of ether oxygens (including phenoxy) is 6. The second-order valence-corrected chi connectivity index (χ2v) is 21.0. The zero-order valence-corrected chi connectivity index (χ0v) is 32.8. The van der Waals surface area contributed by atoms with Crippen molar-refractivity contribution in [3.8, 4) is 0 Å². The minimum Gasteiger partial charge on any atom is -0.393 e. The van der Waals surface area contributed by atoms with Gasteiger partial charge in [-0.15, -0.1) is 0 Å². The third-order valence-electron chi connectivity index (χ3n) is 17.7. The lowest BCUT2D eigenvalue weighted by atomic mass is 9.41. The summed E-state index contributed by atoms with van der Waals surface area (Å²) in [5, 5.41) is 87.4. The van der Waals surface area contributed by atoms with Crippen molar-refractivity contribution in [3.05, 3.63) is 0 Å². The summed E-state index contributed by atoms with van der Waals surface area (Å²) >= 11 is 0. The molecule has 14 heteroatoms. The Kier molecular flexibility index (Phi) is 8.51. The maximum absolute atomic E-state index is 12.4. The molecule has 5 saturated carbocycles. The summed E-state index contributed by atoms with van der Waals surface area (Å²) in [6.07, 6.45) is -6.67. The van der Waals surface area contributed by atoms with Crippen LogP contribution in [0.1, 0.15) is 99.8 Å². The van der Waals surface area contributed by atoms with E-state index in [1.54, 1.807) is 13.8 Å². The highest BCUT2D eigenvalue weighted by Crippen LogP contribution is 2.89. The molecule has 0 amide bonds. The number of fused-ring (bicyclic) bond motifs is 7. The molecule has 0 aromatic heterocycles. The third kappa shape index (κ3) is 4.72. The van der Waals surface area contributed by atoms with Crippen molar-refractivity contribution in [2.75, 3.05) is 13.2 Å². The Morgan fingerprint density at radius 3 is 2.04 bits per heavy atom. The Balaban J connectivity index is 0.969. The van der Waals surface area contributed by atoms with Crippen LogP contribution in [0, 0.1) is 44.8 Å². The van der Waals surface area contributed by atoms with Crippen LogP contribution in [0.25, 0.3) is 0 Å². The Bertz CT molecular complexity index is 1510. The van der Waals surface area contributed by atoms with Gasteiger partial charge in [0.2, 0.25) is 5.79 Å². The zero-order valence-electron chi connectivity index (χ0n) is 32.8. The first kappa shape index (κ1) is 38.9. The van der Waals surface area contributed by atoms with E-state index in [1.165, 1.54) is 0 Å². The summed E-state index contributed by atoms with van der Waals surface area (Å²) < 4.78 is 37.6. The van der Waals surface area contributed by atoms with Crippen LogP contribution in [-0.2, 0) is 28.4 Å². The van der Waals surface area contributed by atoms with Crippen LogP contribution < -0.4 is 0 Å². The molecule has 9 rings (SSSR count). The van der Waals surface area contributed by atoms with Crippen LogP contribution in [0.5, 0.6) is 0 Å². The molecule has 4 heterocycles. The van der Waals surface area contributed by atoms with Gasteiger partial charge in [0.25, 0.3) is 0 Å². The van der Waals surface area contributed by atoms with Crippen molar-refractivity contribution in [2.45, 2.75) is 190 Å². The summed E-state index contributed by atoms with van der Waals surface area (Å²) in [6.45, 7) is 14.0. The first-order valence-electron chi connectivity index (χ1n) is 20.4. The fraction of sp³-hybridized carbons (Fsp3) is 1.00. The molecule has 0 aromatic carbocycles. The molecule has 0 radical (unpaired) electrons. The van der Waals surface area contributed by atoms with E-state index >= 15 is 0 Å². The van der Waals surface area contributed by atoms with E-state index in [9.17, 15) is 40.9 Å². The van der Waals surface area contributed by atoms with Gasteiger partial charge in [0.1, 0.15) is 48.3 Å². The zero-order chi connectivity index (χ0) is 39.0. The fourth-order valence-electron chi connectivity index (χ4n) is 15.3. The van der Waals surface area contributed by atoms with Crippen molar-refractivity contribution >= 4 is 0 Å². The first-order chi connectivity index (χ1) is 25.0. The van der Waals surface area contributed by atoms with Gasteiger partial charge in [-0.25, -0.2) is 0 Å². The van der Waals surface area contributed by atoms with E-state index in [2.05, 4.69) is 34.6 Å². The number of hydrogen-bond acceptors (Lipinski definition) is 14. The van der Waals surface area contributed by atoms with Crippen molar-refractivity contribution in [2.24, 2.45) is 44.8 Å². The van der Waals surface area contributed by atoms with Crippen LogP contribution >= 0.6 is 0 Å². The van der Waals surface area contributed by atoms with Crippen LogP contribution in [0.15, 0.2) is 0 Å². The third-order valence-corrected chi connectivity index (χ3v) is 17.7. The lowest BCUT2D eigenvalue weighted by Crippen LogP contribution is -2.66.